The van der Waals surface area contributed by atoms with Crippen LogP contribution in [-0.4, -0.2) is 56.7 Å². The first kappa shape index (κ1) is 25.4. The molecule has 0 atom stereocenters. The summed E-state index contributed by atoms with van der Waals surface area (Å²) in [6, 6.07) is 3.72. The number of piperidine rings is 1. The van der Waals surface area contributed by atoms with Gasteiger partial charge in [0.05, 0.1) is 23.0 Å². The number of pyridine rings is 1. The van der Waals surface area contributed by atoms with Crippen LogP contribution in [0.3, 0.4) is 0 Å². The number of hydrogen-bond acceptors (Lipinski definition) is 8. The van der Waals surface area contributed by atoms with Gasteiger partial charge in [0.15, 0.2) is 0 Å². The molecule has 2 aromatic heterocycles. The van der Waals surface area contributed by atoms with Crippen molar-refractivity contribution in [2.45, 2.75) is 46.5 Å². The Morgan fingerprint density at radius 1 is 1.29 bits per heavy atom. The van der Waals surface area contributed by atoms with E-state index < -0.39 is 0 Å². The number of carbonyl (C=O) groups is 2. The van der Waals surface area contributed by atoms with Crippen molar-refractivity contribution in [1.29, 1.82) is 0 Å². The molecule has 0 saturated carbocycles. The average molecular weight is 515 g/mol. The number of carbonyl (C=O) groups excluding carboxylic acids is 2. The third-order valence-corrected chi connectivity index (χ3v) is 7.74. The number of nitrogens with zero attached hydrogens (tertiary/aromatic N) is 4. The molecule has 35 heavy (non-hydrogen) atoms. The summed E-state index contributed by atoms with van der Waals surface area (Å²) >= 11 is 6.66. The summed E-state index contributed by atoms with van der Waals surface area (Å²) in [5.74, 6) is 0.0258. The van der Waals surface area contributed by atoms with Crippen molar-refractivity contribution in [3.63, 3.8) is 0 Å². The van der Waals surface area contributed by atoms with Crippen LogP contribution in [-0.2, 0) is 14.3 Å². The Kier molecular flexibility index (Phi) is 7.91. The fourth-order valence-electron chi connectivity index (χ4n) is 4.39. The molecule has 2 aromatic rings. The summed E-state index contributed by atoms with van der Waals surface area (Å²) in [5, 5.41) is 0. The Morgan fingerprint density at radius 3 is 2.71 bits per heavy atom. The summed E-state index contributed by atoms with van der Waals surface area (Å²) < 4.78 is 7.23. The lowest BCUT2D eigenvalue weighted by Crippen LogP contribution is -2.39. The van der Waals surface area contributed by atoms with Gasteiger partial charge in [-0.2, -0.15) is 0 Å². The van der Waals surface area contributed by atoms with E-state index in [2.05, 4.69) is 6.92 Å². The van der Waals surface area contributed by atoms with Gasteiger partial charge in [0, 0.05) is 25.8 Å². The highest BCUT2D eigenvalue weighted by molar-refractivity contribution is 8.26. The Balaban J connectivity index is 1.74. The number of anilines is 1. The van der Waals surface area contributed by atoms with E-state index in [-0.39, 0.29) is 23.4 Å². The Hall–Kier alpha value is -2.72. The summed E-state index contributed by atoms with van der Waals surface area (Å²) in [5.41, 5.74) is 1.58. The van der Waals surface area contributed by atoms with Crippen LogP contribution in [0.2, 0.25) is 0 Å². The largest absolute Gasteiger partial charge is 0.466 e. The highest BCUT2D eigenvalue weighted by atomic mass is 32.2. The van der Waals surface area contributed by atoms with Gasteiger partial charge in [0.1, 0.15) is 15.8 Å². The molecule has 0 aliphatic carbocycles. The van der Waals surface area contributed by atoms with Crippen molar-refractivity contribution >= 4 is 57.7 Å². The van der Waals surface area contributed by atoms with Crippen LogP contribution in [0.4, 0.5) is 5.82 Å². The lowest BCUT2D eigenvalue weighted by Gasteiger charge is -2.32. The van der Waals surface area contributed by atoms with Gasteiger partial charge in [0.25, 0.3) is 11.5 Å². The molecule has 186 valence electrons. The van der Waals surface area contributed by atoms with Gasteiger partial charge in [-0.25, -0.2) is 4.98 Å². The third kappa shape index (κ3) is 5.13. The topological polar surface area (TPSA) is 84.2 Å². The number of unbranched alkanes of at least 4 members (excludes halogenated alkanes) is 1. The maximum atomic E-state index is 13.6. The number of thioether (sulfide) groups is 1. The van der Waals surface area contributed by atoms with E-state index in [1.165, 1.54) is 16.2 Å². The summed E-state index contributed by atoms with van der Waals surface area (Å²) in [6.45, 7) is 7.85. The molecule has 2 aliphatic heterocycles. The minimum atomic E-state index is -0.236. The minimum absolute atomic E-state index is 0.159. The molecule has 8 nitrogen and oxygen atoms in total. The molecule has 10 heteroatoms. The molecule has 0 bridgehead atoms. The SMILES string of the molecule is CCCCN1C(=O)/C(=C/c2c(N3CCC(C(=O)OCC)CC3)nc3c(C)cccn3c2=O)SC1=S. The molecule has 0 N–H and O–H groups in total. The standard InChI is InChI=1S/C25H30N4O4S2/c1-4-6-11-29-23(31)19(35-25(29)34)15-18-21(26-20-16(3)8-7-12-28(20)22(18)30)27-13-9-17(10-14-27)24(32)33-5-2/h7-8,12,15,17H,4-6,9-11,13-14H2,1-3H3/b19-15-. The van der Waals surface area contributed by atoms with Crippen LogP contribution in [0.5, 0.6) is 0 Å². The molecule has 0 aromatic carbocycles. The normalized spacial score (nSPS) is 18.2. The second kappa shape index (κ2) is 10.9. The maximum absolute atomic E-state index is 13.6. The maximum Gasteiger partial charge on any atom is 0.309 e. The van der Waals surface area contributed by atoms with Gasteiger partial charge in [-0.15, -0.1) is 0 Å². The van der Waals surface area contributed by atoms with Gasteiger partial charge >= 0.3 is 5.97 Å². The lowest BCUT2D eigenvalue weighted by molar-refractivity contribution is -0.148. The molecule has 0 radical (unpaired) electrons. The van der Waals surface area contributed by atoms with Gasteiger partial charge in [-0.05, 0) is 50.8 Å². The molecule has 4 rings (SSSR count). The molecule has 1 amide bonds. The zero-order valence-electron chi connectivity index (χ0n) is 20.3. The van der Waals surface area contributed by atoms with Crippen LogP contribution in [0, 0.1) is 12.8 Å². The van der Waals surface area contributed by atoms with E-state index in [9.17, 15) is 14.4 Å². The van der Waals surface area contributed by atoms with E-state index >= 15 is 0 Å². The highest BCUT2D eigenvalue weighted by Gasteiger charge is 2.33. The predicted octanol–water partition coefficient (Wildman–Crippen LogP) is 3.78. The Labute approximate surface area is 214 Å². The fourth-order valence-corrected chi connectivity index (χ4v) is 5.69. The molecule has 0 spiro atoms. The van der Waals surface area contributed by atoms with Crippen molar-refractivity contribution < 1.29 is 14.3 Å². The second-order valence-corrected chi connectivity index (χ2v) is 10.4. The molecule has 4 heterocycles. The molecular weight excluding hydrogens is 484 g/mol. The zero-order chi connectivity index (χ0) is 25.1. The number of hydrogen-bond donors (Lipinski definition) is 0. The Bertz CT molecular complexity index is 1250. The number of fused-ring (bicyclic) bond motifs is 1. The van der Waals surface area contributed by atoms with Crippen LogP contribution >= 0.6 is 24.0 Å². The summed E-state index contributed by atoms with van der Waals surface area (Å²) in [4.78, 5) is 47.9. The number of aromatic nitrogens is 2. The van der Waals surface area contributed by atoms with Crippen LogP contribution in [0.25, 0.3) is 11.7 Å². The van der Waals surface area contributed by atoms with E-state index in [1.54, 1.807) is 24.1 Å². The quantitative estimate of drug-likeness (QED) is 0.314. The number of aryl methyl sites for hydroxylation is 1. The van der Waals surface area contributed by atoms with E-state index in [1.807, 2.05) is 24.0 Å². The highest BCUT2D eigenvalue weighted by Crippen LogP contribution is 2.34. The monoisotopic (exact) mass is 514 g/mol. The number of thiocarbonyl (C=S) groups is 1. The van der Waals surface area contributed by atoms with Crippen molar-refractivity contribution in [2.24, 2.45) is 5.92 Å². The lowest BCUT2D eigenvalue weighted by atomic mass is 9.96. The van der Waals surface area contributed by atoms with Crippen molar-refractivity contribution in [2.75, 3.05) is 31.1 Å². The van der Waals surface area contributed by atoms with E-state index in [0.29, 0.717) is 65.3 Å². The number of rotatable bonds is 7. The van der Waals surface area contributed by atoms with Crippen LogP contribution in [0.15, 0.2) is 28.0 Å². The average Bonchev–Trinajstić information content (AvgIpc) is 3.12. The van der Waals surface area contributed by atoms with Gasteiger partial charge in [-0.3, -0.25) is 23.7 Å². The van der Waals surface area contributed by atoms with Crippen molar-refractivity contribution in [1.82, 2.24) is 14.3 Å². The second-order valence-electron chi connectivity index (χ2n) is 8.74. The first-order valence-corrected chi connectivity index (χ1v) is 13.3. The van der Waals surface area contributed by atoms with Gasteiger partial charge in [0.2, 0.25) is 0 Å². The van der Waals surface area contributed by atoms with Crippen molar-refractivity contribution in [3.8, 4) is 0 Å². The van der Waals surface area contributed by atoms with E-state index in [0.717, 1.165) is 18.4 Å². The first-order chi connectivity index (χ1) is 16.8. The number of amides is 1. The van der Waals surface area contributed by atoms with Crippen LogP contribution < -0.4 is 10.5 Å². The number of ether oxygens (including phenoxy) is 1. The third-order valence-electron chi connectivity index (χ3n) is 6.36. The molecular formula is C25H30N4O4S2. The van der Waals surface area contributed by atoms with Crippen molar-refractivity contribution in [3.05, 3.63) is 44.7 Å². The van der Waals surface area contributed by atoms with Gasteiger partial charge < -0.3 is 9.64 Å². The Morgan fingerprint density at radius 2 is 2.03 bits per heavy atom. The predicted molar refractivity (Wildman–Crippen MR) is 143 cm³/mol. The molecule has 2 saturated heterocycles. The van der Waals surface area contributed by atoms with Crippen LogP contribution in [0.1, 0.15) is 50.7 Å². The fraction of sp³-hybridized carbons (Fsp3) is 0.480. The first-order valence-electron chi connectivity index (χ1n) is 12.0. The minimum Gasteiger partial charge on any atom is -0.466 e. The smallest absolute Gasteiger partial charge is 0.309 e. The summed E-state index contributed by atoms with van der Waals surface area (Å²) in [7, 11) is 0. The molecule has 2 aliphatic rings. The molecule has 0 unspecified atom stereocenters. The summed E-state index contributed by atoms with van der Waals surface area (Å²) in [6.07, 6.45) is 6.38. The molecule has 2 fully saturated rings. The zero-order valence-corrected chi connectivity index (χ0v) is 21.9. The number of esters is 1. The van der Waals surface area contributed by atoms with Gasteiger partial charge in [-0.1, -0.05) is 43.4 Å². The van der Waals surface area contributed by atoms with E-state index in [4.69, 9.17) is 21.9 Å².